The van der Waals surface area contributed by atoms with Crippen LogP contribution in [0.5, 0.6) is 5.88 Å². The molecule has 5 nitrogen and oxygen atoms in total. The molecule has 0 spiro atoms. The average molecular weight is 363 g/mol. The molecule has 0 saturated carbocycles. The van der Waals surface area contributed by atoms with Crippen LogP contribution in [0, 0.1) is 0 Å². The molecular weight excluding hydrogens is 348 g/mol. The SMILES string of the molecule is Oc1[nH]c2ccccc2c1N=NC1=CCCc2c1[nH]c1ccc(Cl)cc21. The Balaban J connectivity index is 1.60. The monoisotopic (exact) mass is 362 g/mol. The first-order chi connectivity index (χ1) is 12.7. The lowest BCUT2D eigenvalue weighted by Crippen LogP contribution is -1.96. The van der Waals surface area contributed by atoms with Crippen LogP contribution in [0.1, 0.15) is 17.7 Å². The second-order valence-corrected chi connectivity index (χ2v) is 6.80. The summed E-state index contributed by atoms with van der Waals surface area (Å²) in [6, 6.07) is 13.5. The number of aromatic nitrogens is 2. The largest absolute Gasteiger partial charge is 0.493 e. The Bertz CT molecular complexity index is 1220. The Kier molecular flexibility index (Phi) is 3.36. The highest BCUT2D eigenvalue weighted by Gasteiger charge is 2.19. The summed E-state index contributed by atoms with van der Waals surface area (Å²) in [6.07, 6.45) is 3.89. The van der Waals surface area contributed by atoms with Crippen LogP contribution in [-0.2, 0) is 6.42 Å². The van der Waals surface area contributed by atoms with Gasteiger partial charge in [0.25, 0.3) is 0 Å². The van der Waals surface area contributed by atoms with Crippen molar-refractivity contribution in [2.24, 2.45) is 10.2 Å². The van der Waals surface area contributed by atoms with Gasteiger partial charge in [0.2, 0.25) is 5.88 Å². The molecule has 6 heteroatoms. The van der Waals surface area contributed by atoms with Gasteiger partial charge in [0, 0.05) is 21.3 Å². The van der Waals surface area contributed by atoms with Crippen molar-refractivity contribution in [1.29, 1.82) is 0 Å². The summed E-state index contributed by atoms with van der Waals surface area (Å²) < 4.78 is 0. The van der Waals surface area contributed by atoms with Gasteiger partial charge >= 0.3 is 0 Å². The van der Waals surface area contributed by atoms with Crippen molar-refractivity contribution in [3.05, 3.63) is 64.8 Å². The number of para-hydroxylation sites is 1. The van der Waals surface area contributed by atoms with Crippen LogP contribution in [0.15, 0.2) is 58.8 Å². The number of aromatic amines is 2. The summed E-state index contributed by atoms with van der Waals surface area (Å²) in [7, 11) is 0. The van der Waals surface area contributed by atoms with E-state index >= 15 is 0 Å². The number of H-pyrrole nitrogens is 2. The van der Waals surface area contributed by atoms with Gasteiger partial charge in [-0.3, -0.25) is 0 Å². The molecule has 0 radical (unpaired) electrons. The number of aromatic hydroxyl groups is 1. The van der Waals surface area contributed by atoms with Crippen molar-refractivity contribution >= 4 is 44.8 Å². The van der Waals surface area contributed by atoms with Crippen molar-refractivity contribution in [2.45, 2.75) is 12.8 Å². The zero-order chi connectivity index (χ0) is 17.7. The number of hydrogen-bond donors (Lipinski definition) is 3. The van der Waals surface area contributed by atoms with Gasteiger partial charge in [-0.25, -0.2) is 0 Å². The van der Waals surface area contributed by atoms with Crippen molar-refractivity contribution in [2.75, 3.05) is 0 Å². The van der Waals surface area contributed by atoms with Crippen LogP contribution >= 0.6 is 11.6 Å². The maximum Gasteiger partial charge on any atom is 0.218 e. The summed E-state index contributed by atoms with van der Waals surface area (Å²) in [6.45, 7) is 0. The molecule has 2 aromatic carbocycles. The zero-order valence-electron chi connectivity index (χ0n) is 13.8. The minimum atomic E-state index is 0.0232. The summed E-state index contributed by atoms with van der Waals surface area (Å²) in [5.41, 5.74) is 5.28. The quantitative estimate of drug-likeness (QED) is 0.371. The summed E-state index contributed by atoms with van der Waals surface area (Å²) in [4.78, 5) is 6.35. The molecule has 0 atom stereocenters. The second-order valence-electron chi connectivity index (χ2n) is 6.36. The van der Waals surface area contributed by atoms with E-state index in [1.807, 2.05) is 42.5 Å². The number of halogens is 1. The van der Waals surface area contributed by atoms with E-state index < -0.39 is 0 Å². The predicted octanol–water partition coefficient (Wildman–Crippen LogP) is 6.08. The van der Waals surface area contributed by atoms with E-state index in [1.54, 1.807) is 0 Å². The standard InChI is InChI=1S/C20H15ClN4O/c21-11-8-9-16-14(10-11)12-5-3-7-17(18(12)22-16)24-25-19-13-4-1-2-6-15(13)23-20(19)26/h1-2,4,6-10,22-23,26H,3,5H2. The third kappa shape index (κ3) is 2.32. The first kappa shape index (κ1) is 15.2. The fourth-order valence-corrected chi connectivity index (χ4v) is 3.73. The Morgan fingerprint density at radius 2 is 1.81 bits per heavy atom. The highest BCUT2D eigenvalue weighted by atomic mass is 35.5. The number of hydrogen-bond acceptors (Lipinski definition) is 3. The topological polar surface area (TPSA) is 76.5 Å². The van der Waals surface area contributed by atoms with Gasteiger partial charge in [-0.15, -0.1) is 10.2 Å². The summed E-state index contributed by atoms with van der Waals surface area (Å²) in [5, 5.41) is 21.6. The van der Waals surface area contributed by atoms with E-state index in [1.165, 1.54) is 5.56 Å². The second kappa shape index (κ2) is 5.75. The first-order valence-corrected chi connectivity index (χ1v) is 8.80. The molecule has 0 bridgehead atoms. The molecule has 1 aliphatic carbocycles. The van der Waals surface area contributed by atoms with Gasteiger partial charge < -0.3 is 15.1 Å². The van der Waals surface area contributed by atoms with Crippen molar-refractivity contribution < 1.29 is 5.11 Å². The lowest BCUT2D eigenvalue weighted by molar-refractivity contribution is 0.459. The molecule has 0 saturated heterocycles. The van der Waals surface area contributed by atoms with Crippen molar-refractivity contribution in [3.63, 3.8) is 0 Å². The number of aryl methyl sites for hydroxylation is 1. The highest BCUT2D eigenvalue weighted by Crippen LogP contribution is 2.38. The maximum absolute atomic E-state index is 10.2. The molecule has 26 heavy (non-hydrogen) atoms. The summed E-state index contributed by atoms with van der Waals surface area (Å²) in [5.74, 6) is 0.0232. The molecule has 4 aromatic rings. The lowest BCUT2D eigenvalue weighted by Gasteiger charge is -2.09. The molecule has 0 aliphatic heterocycles. The molecule has 2 heterocycles. The third-order valence-corrected chi connectivity index (χ3v) is 5.01. The fourth-order valence-electron chi connectivity index (χ4n) is 3.56. The maximum atomic E-state index is 10.2. The fraction of sp³-hybridized carbons (Fsp3) is 0.100. The Morgan fingerprint density at radius 3 is 2.73 bits per heavy atom. The van der Waals surface area contributed by atoms with Crippen LogP contribution in [0.2, 0.25) is 5.02 Å². The van der Waals surface area contributed by atoms with Gasteiger partial charge in [-0.2, -0.15) is 0 Å². The van der Waals surface area contributed by atoms with E-state index in [9.17, 15) is 5.11 Å². The number of nitrogens with zero attached hydrogens (tertiary/aromatic N) is 2. The van der Waals surface area contributed by atoms with Gasteiger partial charge in [-0.05, 0) is 42.7 Å². The number of fused-ring (bicyclic) bond motifs is 4. The van der Waals surface area contributed by atoms with Crippen LogP contribution in [0.4, 0.5) is 5.69 Å². The molecule has 0 amide bonds. The first-order valence-electron chi connectivity index (χ1n) is 8.43. The van der Waals surface area contributed by atoms with Crippen LogP contribution < -0.4 is 0 Å². The van der Waals surface area contributed by atoms with Gasteiger partial charge in [-0.1, -0.05) is 35.9 Å². The molecule has 5 rings (SSSR count). The third-order valence-electron chi connectivity index (χ3n) is 4.77. The van der Waals surface area contributed by atoms with Crippen LogP contribution in [0.25, 0.3) is 27.5 Å². The van der Waals surface area contributed by atoms with E-state index in [0.29, 0.717) is 5.69 Å². The minimum absolute atomic E-state index is 0.0232. The predicted molar refractivity (Wildman–Crippen MR) is 104 cm³/mol. The van der Waals surface area contributed by atoms with E-state index in [0.717, 1.165) is 51.1 Å². The molecule has 128 valence electrons. The van der Waals surface area contributed by atoms with Crippen LogP contribution in [0.3, 0.4) is 0 Å². The number of nitrogens with one attached hydrogen (secondary N) is 2. The zero-order valence-corrected chi connectivity index (χ0v) is 14.5. The Morgan fingerprint density at radius 1 is 0.962 bits per heavy atom. The molecular formula is C20H15ClN4O. The Hall–Kier alpha value is -3.05. The molecule has 0 unspecified atom stereocenters. The minimum Gasteiger partial charge on any atom is -0.493 e. The molecule has 3 N–H and O–H groups in total. The van der Waals surface area contributed by atoms with Gasteiger partial charge in [0.1, 0.15) is 5.70 Å². The van der Waals surface area contributed by atoms with Gasteiger partial charge in [0.05, 0.1) is 11.2 Å². The van der Waals surface area contributed by atoms with E-state index in [2.05, 4.69) is 26.3 Å². The van der Waals surface area contributed by atoms with E-state index in [4.69, 9.17) is 11.6 Å². The highest BCUT2D eigenvalue weighted by molar-refractivity contribution is 6.31. The number of allylic oxidation sites excluding steroid dienone is 1. The Labute approximate surface area is 154 Å². The summed E-state index contributed by atoms with van der Waals surface area (Å²) >= 11 is 6.15. The lowest BCUT2D eigenvalue weighted by atomic mass is 9.99. The van der Waals surface area contributed by atoms with Crippen LogP contribution in [-0.4, -0.2) is 15.1 Å². The van der Waals surface area contributed by atoms with E-state index in [-0.39, 0.29) is 5.88 Å². The van der Waals surface area contributed by atoms with Gasteiger partial charge in [0.15, 0.2) is 5.69 Å². The molecule has 2 aromatic heterocycles. The van der Waals surface area contributed by atoms with Crippen molar-refractivity contribution in [1.82, 2.24) is 9.97 Å². The normalized spacial score (nSPS) is 14.3. The van der Waals surface area contributed by atoms with Crippen molar-refractivity contribution in [3.8, 4) is 5.88 Å². The smallest absolute Gasteiger partial charge is 0.218 e. The average Bonchev–Trinajstić information content (AvgIpc) is 3.17. The molecule has 1 aliphatic rings. The number of azo groups is 1. The molecule has 0 fully saturated rings. The number of benzene rings is 2. The number of rotatable bonds is 2.